The SMILES string of the molecule is CCOC(=O)C1=C(COc2ccccc2F)N(C)C(=O)NC1c1ccccc1Cl. The van der Waals surface area contributed by atoms with E-state index in [1.165, 1.54) is 24.1 Å². The summed E-state index contributed by atoms with van der Waals surface area (Å²) in [4.78, 5) is 26.6. The van der Waals surface area contributed by atoms with E-state index in [1.807, 2.05) is 0 Å². The van der Waals surface area contributed by atoms with Gasteiger partial charge in [0.05, 0.1) is 23.9 Å². The summed E-state index contributed by atoms with van der Waals surface area (Å²) in [5.41, 5.74) is 0.987. The van der Waals surface area contributed by atoms with Gasteiger partial charge in [-0.3, -0.25) is 4.90 Å². The first kappa shape index (κ1) is 20.7. The highest BCUT2D eigenvalue weighted by molar-refractivity contribution is 6.31. The van der Waals surface area contributed by atoms with E-state index in [4.69, 9.17) is 21.1 Å². The summed E-state index contributed by atoms with van der Waals surface area (Å²) in [5, 5.41) is 3.15. The second kappa shape index (κ2) is 8.96. The Bertz CT molecular complexity index is 963. The van der Waals surface area contributed by atoms with E-state index in [0.717, 1.165) is 0 Å². The number of urea groups is 1. The zero-order valence-corrected chi connectivity index (χ0v) is 16.7. The molecular weight excluding hydrogens is 399 g/mol. The number of ether oxygens (including phenoxy) is 2. The van der Waals surface area contributed by atoms with Crippen molar-refractivity contribution in [2.24, 2.45) is 0 Å². The third-order valence-electron chi connectivity index (χ3n) is 4.49. The van der Waals surface area contributed by atoms with Crippen molar-refractivity contribution >= 4 is 23.6 Å². The van der Waals surface area contributed by atoms with Crippen molar-refractivity contribution in [3.8, 4) is 5.75 Å². The molecule has 0 radical (unpaired) electrons. The lowest BCUT2D eigenvalue weighted by atomic mass is 9.94. The van der Waals surface area contributed by atoms with Crippen molar-refractivity contribution in [3.05, 3.63) is 76.2 Å². The monoisotopic (exact) mass is 418 g/mol. The molecule has 152 valence electrons. The number of hydrogen-bond donors (Lipinski definition) is 1. The number of carbonyl (C=O) groups is 2. The van der Waals surface area contributed by atoms with E-state index in [1.54, 1.807) is 43.3 Å². The highest BCUT2D eigenvalue weighted by Crippen LogP contribution is 2.34. The maximum absolute atomic E-state index is 13.9. The fourth-order valence-electron chi connectivity index (χ4n) is 3.03. The molecule has 0 aliphatic carbocycles. The molecule has 1 heterocycles. The summed E-state index contributed by atoms with van der Waals surface area (Å²) in [7, 11) is 1.50. The average molecular weight is 419 g/mol. The summed E-state index contributed by atoms with van der Waals surface area (Å²) in [6, 6.07) is 11.5. The topological polar surface area (TPSA) is 67.9 Å². The van der Waals surface area contributed by atoms with Gasteiger partial charge in [0.15, 0.2) is 11.6 Å². The first-order valence-corrected chi connectivity index (χ1v) is 9.38. The molecule has 0 bridgehead atoms. The van der Waals surface area contributed by atoms with E-state index in [2.05, 4.69) is 5.32 Å². The lowest BCUT2D eigenvalue weighted by Crippen LogP contribution is -2.48. The maximum Gasteiger partial charge on any atom is 0.338 e. The molecule has 1 unspecified atom stereocenters. The molecule has 1 atom stereocenters. The van der Waals surface area contributed by atoms with Crippen molar-refractivity contribution in [3.63, 3.8) is 0 Å². The van der Waals surface area contributed by atoms with Crippen LogP contribution in [-0.2, 0) is 9.53 Å². The van der Waals surface area contributed by atoms with E-state index in [-0.39, 0.29) is 30.2 Å². The molecule has 2 aromatic carbocycles. The maximum atomic E-state index is 13.9. The van der Waals surface area contributed by atoms with Crippen molar-refractivity contribution in [2.75, 3.05) is 20.3 Å². The molecule has 0 saturated heterocycles. The summed E-state index contributed by atoms with van der Waals surface area (Å²) in [5.74, 6) is -1.15. The van der Waals surface area contributed by atoms with Gasteiger partial charge in [0.25, 0.3) is 0 Å². The summed E-state index contributed by atoms with van der Waals surface area (Å²) >= 11 is 6.31. The number of nitrogens with one attached hydrogen (secondary N) is 1. The normalized spacial score (nSPS) is 16.5. The molecule has 0 spiro atoms. The summed E-state index contributed by atoms with van der Waals surface area (Å²) in [6.45, 7) is 1.63. The molecule has 1 aliphatic rings. The fourth-order valence-corrected chi connectivity index (χ4v) is 3.28. The van der Waals surface area contributed by atoms with Gasteiger partial charge in [-0.1, -0.05) is 41.9 Å². The number of benzene rings is 2. The number of rotatable bonds is 6. The molecule has 8 heteroatoms. The Morgan fingerprint density at radius 3 is 2.59 bits per heavy atom. The quantitative estimate of drug-likeness (QED) is 0.718. The third kappa shape index (κ3) is 4.35. The number of likely N-dealkylation sites (N-methyl/N-ethyl adjacent to an activating group) is 1. The number of nitrogens with zero attached hydrogens (tertiary/aromatic N) is 1. The van der Waals surface area contributed by atoms with E-state index in [9.17, 15) is 14.0 Å². The second-order valence-corrected chi connectivity index (χ2v) is 6.67. The predicted molar refractivity (Wildman–Crippen MR) is 106 cm³/mol. The van der Waals surface area contributed by atoms with Crippen LogP contribution in [0.4, 0.5) is 9.18 Å². The smallest absolute Gasteiger partial charge is 0.338 e. The van der Waals surface area contributed by atoms with Gasteiger partial charge in [-0.15, -0.1) is 0 Å². The van der Waals surface area contributed by atoms with Crippen molar-refractivity contribution in [1.82, 2.24) is 10.2 Å². The molecule has 3 rings (SSSR count). The number of halogens is 2. The molecule has 1 aliphatic heterocycles. The minimum absolute atomic E-state index is 0.0110. The number of para-hydroxylation sites is 1. The van der Waals surface area contributed by atoms with E-state index < -0.39 is 23.9 Å². The fraction of sp³-hybridized carbons (Fsp3) is 0.238. The Labute approximate surface area is 172 Å². The molecule has 2 amide bonds. The van der Waals surface area contributed by atoms with Crippen LogP contribution in [0.15, 0.2) is 59.8 Å². The first-order valence-electron chi connectivity index (χ1n) is 9.00. The lowest BCUT2D eigenvalue weighted by Gasteiger charge is -2.34. The molecule has 1 N–H and O–H groups in total. The average Bonchev–Trinajstić information content (AvgIpc) is 2.70. The van der Waals surface area contributed by atoms with Crippen LogP contribution in [0.1, 0.15) is 18.5 Å². The molecule has 0 saturated carbocycles. The molecular formula is C21H20ClFN2O4. The standard InChI is InChI=1S/C21H20ClFN2O4/c1-3-28-20(26)18-16(12-29-17-11-7-6-10-15(17)23)25(2)21(27)24-19(18)13-8-4-5-9-14(13)22/h4-11,19H,3,12H2,1-2H3,(H,24,27). The van der Waals surface area contributed by atoms with Crippen molar-refractivity contribution < 1.29 is 23.5 Å². The lowest BCUT2D eigenvalue weighted by molar-refractivity contribution is -0.139. The van der Waals surface area contributed by atoms with Crippen LogP contribution < -0.4 is 10.1 Å². The molecule has 0 fully saturated rings. The van der Waals surface area contributed by atoms with Crippen LogP contribution >= 0.6 is 11.6 Å². The van der Waals surface area contributed by atoms with Gasteiger partial charge < -0.3 is 14.8 Å². The van der Waals surface area contributed by atoms with E-state index in [0.29, 0.717) is 10.6 Å². The van der Waals surface area contributed by atoms with Gasteiger partial charge in [-0.2, -0.15) is 0 Å². The van der Waals surface area contributed by atoms with Crippen LogP contribution in [0.25, 0.3) is 0 Å². The van der Waals surface area contributed by atoms with Crippen LogP contribution in [0, 0.1) is 5.82 Å². The summed E-state index contributed by atoms with van der Waals surface area (Å²) in [6.07, 6.45) is 0. The second-order valence-electron chi connectivity index (χ2n) is 6.26. The Kier molecular flexibility index (Phi) is 6.39. The first-order chi connectivity index (χ1) is 13.9. The van der Waals surface area contributed by atoms with Gasteiger partial charge in [-0.25, -0.2) is 14.0 Å². The zero-order chi connectivity index (χ0) is 21.0. The highest BCUT2D eigenvalue weighted by atomic mass is 35.5. The minimum atomic E-state index is -0.828. The predicted octanol–water partition coefficient (Wildman–Crippen LogP) is 4.07. The zero-order valence-electron chi connectivity index (χ0n) is 15.9. The summed E-state index contributed by atoms with van der Waals surface area (Å²) < 4.78 is 24.7. The minimum Gasteiger partial charge on any atom is -0.484 e. The number of carbonyl (C=O) groups excluding carboxylic acids is 2. The van der Waals surface area contributed by atoms with Gasteiger partial charge >= 0.3 is 12.0 Å². The Hall–Kier alpha value is -3.06. The molecule has 2 aromatic rings. The highest BCUT2D eigenvalue weighted by Gasteiger charge is 2.37. The molecule has 29 heavy (non-hydrogen) atoms. The van der Waals surface area contributed by atoms with Crippen LogP contribution in [-0.4, -0.2) is 37.2 Å². The van der Waals surface area contributed by atoms with E-state index >= 15 is 0 Å². The van der Waals surface area contributed by atoms with Crippen molar-refractivity contribution in [1.29, 1.82) is 0 Å². The largest absolute Gasteiger partial charge is 0.484 e. The Morgan fingerprint density at radius 1 is 1.21 bits per heavy atom. The van der Waals surface area contributed by atoms with Gasteiger partial charge in [0.1, 0.15) is 6.61 Å². The van der Waals surface area contributed by atoms with Crippen LogP contribution in [0.3, 0.4) is 0 Å². The van der Waals surface area contributed by atoms with Gasteiger partial charge in [-0.05, 0) is 30.7 Å². The Balaban J connectivity index is 2.07. The van der Waals surface area contributed by atoms with Gasteiger partial charge in [0.2, 0.25) is 0 Å². The van der Waals surface area contributed by atoms with Crippen LogP contribution in [0.2, 0.25) is 5.02 Å². The number of amides is 2. The third-order valence-corrected chi connectivity index (χ3v) is 4.83. The van der Waals surface area contributed by atoms with Crippen molar-refractivity contribution in [2.45, 2.75) is 13.0 Å². The van der Waals surface area contributed by atoms with Gasteiger partial charge in [0, 0.05) is 12.1 Å². The number of hydrogen-bond acceptors (Lipinski definition) is 4. The number of esters is 1. The molecule has 6 nitrogen and oxygen atoms in total. The Morgan fingerprint density at radius 2 is 1.90 bits per heavy atom. The molecule has 0 aromatic heterocycles. The van der Waals surface area contributed by atoms with Crippen LogP contribution in [0.5, 0.6) is 5.75 Å².